The number of allylic oxidation sites excluding steroid dienone is 5. The molecule has 0 bridgehead atoms. The fourth-order valence-corrected chi connectivity index (χ4v) is 1.96. The first kappa shape index (κ1) is 14.7. The summed E-state index contributed by atoms with van der Waals surface area (Å²) in [5.41, 5.74) is 9.20. The van der Waals surface area contributed by atoms with Gasteiger partial charge in [-0.2, -0.15) is 4.79 Å². The summed E-state index contributed by atoms with van der Waals surface area (Å²) in [5, 5.41) is 36.2. The Hall–Kier alpha value is -3.69. The van der Waals surface area contributed by atoms with E-state index in [9.17, 15) is 15.0 Å². The van der Waals surface area contributed by atoms with Gasteiger partial charge >= 0.3 is 17.4 Å². The molecule has 1 aromatic rings. The first-order valence-electron chi connectivity index (χ1n) is 5.95. The number of nitrogens with zero attached hydrogens (tertiary/aromatic N) is 4. The molecule has 0 spiro atoms. The van der Waals surface area contributed by atoms with Crippen LogP contribution in [0.1, 0.15) is 15.9 Å². The summed E-state index contributed by atoms with van der Waals surface area (Å²) < 4.78 is 0. The number of rotatable bonds is 2. The van der Waals surface area contributed by atoms with Gasteiger partial charge in [-0.3, -0.25) is 0 Å². The van der Waals surface area contributed by atoms with Crippen molar-refractivity contribution in [1.82, 2.24) is 0 Å². The number of aromatic carboxylic acids is 1. The normalized spacial score (nSPS) is 13.1. The summed E-state index contributed by atoms with van der Waals surface area (Å²) in [6.07, 6.45) is 4.17. The van der Waals surface area contributed by atoms with E-state index in [4.69, 9.17) is 16.0 Å². The Labute approximate surface area is 123 Å². The summed E-state index contributed by atoms with van der Waals surface area (Å²) in [5.74, 6) is -2.30. The highest BCUT2D eigenvalue weighted by Gasteiger charge is 2.24. The van der Waals surface area contributed by atoms with E-state index in [2.05, 4.69) is 9.77 Å². The lowest BCUT2D eigenvalue weighted by molar-refractivity contribution is -0.00302. The predicted octanol–water partition coefficient (Wildman–Crippen LogP) is 2.82. The van der Waals surface area contributed by atoms with Crippen LogP contribution in [0.5, 0.6) is 0 Å². The molecule has 22 heavy (non-hydrogen) atoms. The van der Waals surface area contributed by atoms with Crippen LogP contribution in [-0.2, 0) is 0 Å². The predicted molar refractivity (Wildman–Crippen MR) is 76.2 cm³/mol. The largest absolute Gasteiger partial charge is 0.480 e. The van der Waals surface area contributed by atoms with Crippen LogP contribution in [0.25, 0.3) is 16.1 Å². The summed E-state index contributed by atoms with van der Waals surface area (Å²) in [6, 6.07) is 4.09. The summed E-state index contributed by atoms with van der Waals surface area (Å²) >= 11 is 0. The van der Waals surface area contributed by atoms with Gasteiger partial charge in [-0.25, -0.2) is 4.79 Å². The molecular formula is C14H9N4O4+. The van der Waals surface area contributed by atoms with E-state index >= 15 is 0 Å². The Morgan fingerprint density at radius 1 is 1.18 bits per heavy atom. The molecule has 108 valence electrons. The van der Waals surface area contributed by atoms with Crippen molar-refractivity contribution in [3.05, 3.63) is 69.6 Å². The molecule has 0 radical (unpaired) electrons. The number of aliphatic hydroxyl groups is 2. The van der Waals surface area contributed by atoms with Crippen LogP contribution in [0.4, 0.5) is 5.69 Å². The quantitative estimate of drug-likeness (QED) is 0.333. The fraction of sp³-hybridized carbons (Fsp3) is 0. The number of carbonyl (C=O) groups is 1. The lowest BCUT2D eigenvalue weighted by Gasteiger charge is -2.07. The van der Waals surface area contributed by atoms with Gasteiger partial charge in [0.2, 0.25) is 5.39 Å². The highest BCUT2D eigenvalue weighted by atomic mass is 16.5. The number of benzene rings is 1. The first-order chi connectivity index (χ1) is 10.5. The van der Waals surface area contributed by atoms with Gasteiger partial charge < -0.3 is 20.9 Å². The second kappa shape index (κ2) is 5.75. The van der Waals surface area contributed by atoms with Crippen LogP contribution in [-0.4, -0.2) is 31.8 Å². The van der Waals surface area contributed by atoms with Gasteiger partial charge in [0.15, 0.2) is 10.5 Å². The Balaban J connectivity index is 2.59. The van der Waals surface area contributed by atoms with Crippen LogP contribution in [0.15, 0.2) is 47.9 Å². The molecule has 0 unspecified atom stereocenters. The van der Waals surface area contributed by atoms with E-state index in [1.165, 1.54) is 36.4 Å². The van der Waals surface area contributed by atoms with Crippen LogP contribution >= 0.6 is 0 Å². The Morgan fingerprint density at radius 2 is 1.91 bits per heavy atom. The van der Waals surface area contributed by atoms with E-state index in [0.29, 0.717) is 11.1 Å². The van der Waals surface area contributed by atoms with E-state index < -0.39 is 11.9 Å². The number of hydrogen-bond donors (Lipinski definition) is 3. The molecule has 0 aromatic heterocycles. The average Bonchev–Trinajstić information content (AvgIpc) is 2.53. The third kappa shape index (κ3) is 2.60. The van der Waals surface area contributed by atoms with Crippen molar-refractivity contribution < 1.29 is 24.9 Å². The van der Waals surface area contributed by atoms with Crippen molar-refractivity contribution in [2.24, 2.45) is 0 Å². The highest BCUT2D eigenvalue weighted by molar-refractivity contribution is 6.12. The molecule has 0 aliphatic heterocycles. The molecule has 0 amide bonds. The Morgan fingerprint density at radius 3 is 2.45 bits per heavy atom. The lowest BCUT2D eigenvalue weighted by atomic mass is 9.94. The molecule has 1 aromatic carbocycles. The molecule has 0 fully saturated rings. The monoisotopic (exact) mass is 297 g/mol. The molecule has 8 nitrogen and oxygen atoms in total. The maximum atomic E-state index is 11.1. The van der Waals surface area contributed by atoms with Crippen LogP contribution in [0.2, 0.25) is 0 Å². The molecule has 1 aliphatic carbocycles. The summed E-state index contributed by atoms with van der Waals surface area (Å²) in [7, 11) is 0. The zero-order chi connectivity index (χ0) is 16.3. The van der Waals surface area contributed by atoms with Crippen molar-refractivity contribution >= 4 is 22.9 Å². The van der Waals surface area contributed by atoms with Crippen molar-refractivity contribution in [3.63, 3.8) is 0 Å². The molecule has 0 atom stereocenters. The minimum Gasteiger partial charge on any atom is -0.480 e. The van der Waals surface area contributed by atoms with Crippen molar-refractivity contribution in [1.29, 1.82) is 5.39 Å². The number of carboxylic acids is 1. The molecule has 0 heterocycles. The minimum atomic E-state index is -1.27. The number of diazo groups is 1. The van der Waals surface area contributed by atoms with Crippen LogP contribution in [0.3, 0.4) is 0 Å². The minimum absolute atomic E-state index is 0.0517. The molecule has 8 heteroatoms. The van der Waals surface area contributed by atoms with E-state index in [0.717, 1.165) is 0 Å². The molecule has 2 rings (SSSR count). The Bertz CT molecular complexity index is 848. The highest BCUT2D eigenvalue weighted by Crippen LogP contribution is 2.28. The van der Waals surface area contributed by atoms with Gasteiger partial charge in [0.25, 0.3) is 5.95 Å². The first-order valence-corrected chi connectivity index (χ1v) is 5.95. The molecular weight excluding hydrogens is 288 g/mol. The standard InChI is InChI=1S/C14H8N4O4/c15-17-11-3-1-7(5-9(11)13(19)20)8-2-4-12(18-16)10(6-8)14(21)22/h1-6H,(H2-,19,20,21,22)/p+1. The Kier molecular flexibility index (Phi) is 3.84. The molecule has 0 saturated carbocycles. The zero-order valence-electron chi connectivity index (χ0n) is 11.0. The molecule has 3 N–H and O–H groups in total. The fourth-order valence-electron chi connectivity index (χ4n) is 1.96. The maximum absolute atomic E-state index is 11.1. The third-order valence-corrected chi connectivity index (χ3v) is 3.01. The molecule has 0 saturated heterocycles. The van der Waals surface area contributed by atoms with E-state index in [-0.39, 0.29) is 22.5 Å². The van der Waals surface area contributed by atoms with E-state index in [1.807, 2.05) is 0 Å². The van der Waals surface area contributed by atoms with Gasteiger partial charge in [-0.15, -0.1) is 0 Å². The van der Waals surface area contributed by atoms with E-state index in [1.54, 1.807) is 0 Å². The second-order valence-corrected chi connectivity index (χ2v) is 4.29. The SMILES string of the molecule is N#[N+]c1ccc(C2=CC(=C(O)O)C(=[N+]=[N-])C=C2)cc1C(=O)O. The number of hydrogen-bond acceptors (Lipinski definition) is 4. The van der Waals surface area contributed by atoms with Crippen LogP contribution < -0.4 is 0 Å². The van der Waals surface area contributed by atoms with Gasteiger partial charge in [-0.05, 0) is 35.4 Å². The van der Waals surface area contributed by atoms with Gasteiger partial charge in [0.05, 0.1) is 0 Å². The number of aliphatic hydroxyl groups excluding tert-OH is 1. The zero-order valence-corrected chi connectivity index (χ0v) is 11.0. The molecule has 1 aliphatic rings. The van der Waals surface area contributed by atoms with Crippen molar-refractivity contribution in [2.75, 3.05) is 0 Å². The lowest BCUT2D eigenvalue weighted by Crippen LogP contribution is -2.07. The topological polar surface area (TPSA) is 142 Å². The third-order valence-electron chi connectivity index (χ3n) is 3.01. The maximum Gasteiger partial charge on any atom is 0.399 e. The number of carboxylic acid groups (broad SMARTS) is 1. The van der Waals surface area contributed by atoms with Crippen molar-refractivity contribution in [2.45, 2.75) is 0 Å². The summed E-state index contributed by atoms with van der Waals surface area (Å²) in [6.45, 7) is 0. The van der Waals surface area contributed by atoms with Gasteiger partial charge in [0.1, 0.15) is 5.57 Å². The second-order valence-electron chi connectivity index (χ2n) is 4.29. The van der Waals surface area contributed by atoms with Crippen LogP contribution in [0, 0.1) is 5.39 Å². The van der Waals surface area contributed by atoms with Gasteiger partial charge in [-0.1, -0.05) is 0 Å². The van der Waals surface area contributed by atoms with Crippen molar-refractivity contribution in [3.8, 4) is 0 Å². The summed E-state index contributed by atoms with van der Waals surface area (Å²) in [4.78, 5) is 16.9. The smallest absolute Gasteiger partial charge is 0.399 e. The average molecular weight is 297 g/mol. The van der Waals surface area contributed by atoms with Gasteiger partial charge in [0, 0.05) is 12.1 Å².